The minimum atomic E-state index is -1.23. The number of nitrogens with two attached hydrogens (primary N) is 1. The molecule has 82 valence electrons. The van der Waals surface area contributed by atoms with Crippen LogP contribution in [0, 0.1) is 11.6 Å². The second kappa shape index (κ2) is 4.55. The van der Waals surface area contributed by atoms with Crippen molar-refractivity contribution in [3.05, 3.63) is 34.4 Å². The first-order valence-electron chi connectivity index (χ1n) is 4.03. The summed E-state index contributed by atoms with van der Waals surface area (Å²) in [7, 11) is 0. The van der Waals surface area contributed by atoms with E-state index in [0.717, 1.165) is 12.1 Å². The van der Waals surface area contributed by atoms with E-state index in [-0.39, 0.29) is 12.0 Å². The quantitative estimate of drug-likeness (QED) is 0.782. The Morgan fingerprint density at radius 2 is 1.93 bits per heavy atom. The fraction of sp³-hybridized carbons (Fsp3) is 0.222. The van der Waals surface area contributed by atoms with Crippen molar-refractivity contribution in [3.63, 3.8) is 0 Å². The van der Waals surface area contributed by atoms with Gasteiger partial charge in [0, 0.05) is 0 Å². The Kier molecular flexibility index (Phi) is 3.60. The van der Waals surface area contributed by atoms with Gasteiger partial charge < -0.3 is 10.8 Å². The van der Waals surface area contributed by atoms with Crippen molar-refractivity contribution in [1.29, 1.82) is 0 Å². The van der Waals surface area contributed by atoms with Crippen LogP contribution in [0.1, 0.15) is 5.56 Å². The van der Waals surface area contributed by atoms with Crippen LogP contribution in [0.25, 0.3) is 0 Å². The van der Waals surface area contributed by atoms with E-state index in [4.69, 9.17) is 22.4 Å². The van der Waals surface area contributed by atoms with Crippen LogP contribution in [-0.4, -0.2) is 17.1 Å². The standard InChI is InChI=1S/C9H8ClF2NO2/c10-8-5(11)1-4(2-6(8)12)3-7(13)9(14)15/h1-2,7H,3,13H2,(H,14,15)/t7-/m0/s1. The van der Waals surface area contributed by atoms with Crippen LogP contribution >= 0.6 is 11.6 Å². The molecule has 1 rings (SSSR count). The molecule has 1 aromatic carbocycles. The third-order valence-corrected chi connectivity index (χ3v) is 2.18. The van der Waals surface area contributed by atoms with Crippen LogP contribution < -0.4 is 5.73 Å². The van der Waals surface area contributed by atoms with Gasteiger partial charge >= 0.3 is 5.97 Å². The van der Waals surface area contributed by atoms with E-state index in [1.54, 1.807) is 0 Å². The predicted molar refractivity (Wildman–Crippen MR) is 50.7 cm³/mol. The molecule has 0 radical (unpaired) electrons. The number of carboxylic acid groups (broad SMARTS) is 1. The van der Waals surface area contributed by atoms with Crippen molar-refractivity contribution >= 4 is 17.6 Å². The molecule has 15 heavy (non-hydrogen) atoms. The van der Waals surface area contributed by atoms with Gasteiger partial charge in [-0.3, -0.25) is 4.79 Å². The molecule has 0 aliphatic heterocycles. The number of carbonyl (C=O) groups is 1. The van der Waals surface area contributed by atoms with Gasteiger partial charge in [0.15, 0.2) is 0 Å². The summed E-state index contributed by atoms with van der Waals surface area (Å²) in [6.45, 7) is 0. The molecule has 0 heterocycles. The molecule has 0 unspecified atom stereocenters. The molecule has 0 spiro atoms. The van der Waals surface area contributed by atoms with Crippen molar-refractivity contribution in [3.8, 4) is 0 Å². The Labute approximate surface area is 89.5 Å². The molecular weight excluding hydrogens is 228 g/mol. The van der Waals surface area contributed by atoms with Crippen LogP contribution in [0.5, 0.6) is 0 Å². The second-order valence-corrected chi connectivity index (χ2v) is 3.40. The Morgan fingerprint density at radius 1 is 1.47 bits per heavy atom. The van der Waals surface area contributed by atoms with Crippen molar-refractivity contribution in [2.75, 3.05) is 0 Å². The zero-order valence-electron chi connectivity index (χ0n) is 7.51. The van der Waals surface area contributed by atoms with E-state index in [1.807, 2.05) is 0 Å². The van der Waals surface area contributed by atoms with Gasteiger partial charge in [0.2, 0.25) is 0 Å². The lowest BCUT2D eigenvalue weighted by Crippen LogP contribution is -2.32. The Bertz CT molecular complexity index is 375. The van der Waals surface area contributed by atoms with Crippen molar-refractivity contribution in [2.24, 2.45) is 5.73 Å². The summed E-state index contributed by atoms with van der Waals surface area (Å²) >= 11 is 5.25. The fourth-order valence-corrected chi connectivity index (χ4v) is 1.18. The van der Waals surface area contributed by atoms with Gasteiger partial charge in [0.1, 0.15) is 22.7 Å². The number of benzene rings is 1. The summed E-state index contributed by atoms with van der Waals surface area (Å²) in [6.07, 6.45) is -0.152. The largest absolute Gasteiger partial charge is 0.480 e. The first kappa shape index (κ1) is 11.9. The molecule has 3 nitrogen and oxygen atoms in total. The van der Waals surface area contributed by atoms with E-state index in [1.165, 1.54) is 0 Å². The normalized spacial score (nSPS) is 12.5. The molecule has 0 saturated carbocycles. The van der Waals surface area contributed by atoms with E-state index < -0.39 is 28.7 Å². The lowest BCUT2D eigenvalue weighted by Gasteiger charge is -2.07. The summed E-state index contributed by atoms with van der Waals surface area (Å²) in [5, 5.41) is 7.89. The number of halogens is 3. The monoisotopic (exact) mass is 235 g/mol. The van der Waals surface area contributed by atoms with Gasteiger partial charge in [-0.1, -0.05) is 11.6 Å². The molecule has 0 fully saturated rings. The second-order valence-electron chi connectivity index (χ2n) is 3.02. The fourth-order valence-electron chi connectivity index (χ4n) is 1.07. The molecule has 3 N–H and O–H groups in total. The highest BCUT2D eigenvalue weighted by Gasteiger charge is 2.15. The SMILES string of the molecule is N[C@@H](Cc1cc(F)c(Cl)c(F)c1)C(=O)O. The Hall–Kier alpha value is -1.20. The summed E-state index contributed by atoms with van der Waals surface area (Å²) in [4.78, 5) is 10.4. The van der Waals surface area contributed by atoms with Gasteiger partial charge in [-0.15, -0.1) is 0 Å². The van der Waals surface area contributed by atoms with E-state index in [0.29, 0.717) is 0 Å². The maximum atomic E-state index is 12.9. The third-order valence-electron chi connectivity index (χ3n) is 1.82. The highest BCUT2D eigenvalue weighted by molar-refractivity contribution is 6.30. The van der Waals surface area contributed by atoms with Crippen molar-refractivity contribution in [2.45, 2.75) is 12.5 Å². The van der Waals surface area contributed by atoms with Gasteiger partial charge in [-0.25, -0.2) is 8.78 Å². The molecule has 1 atom stereocenters. The summed E-state index contributed by atoms with van der Waals surface area (Å²) in [5.41, 5.74) is 5.37. The van der Waals surface area contributed by atoms with E-state index in [2.05, 4.69) is 0 Å². The molecule has 0 aliphatic carbocycles. The molecular formula is C9H8ClF2NO2. The molecule has 0 saturated heterocycles. The lowest BCUT2D eigenvalue weighted by atomic mass is 10.1. The zero-order chi connectivity index (χ0) is 11.6. The Morgan fingerprint density at radius 3 is 2.33 bits per heavy atom. The molecule has 0 aromatic heterocycles. The summed E-state index contributed by atoms with van der Waals surface area (Å²) in [6, 6.07) is 0.743. The highest BCUT2D eigenvalue weighted by Crippen LogP contribution is 2.20. The zero-order valence-corrected chi connectivity index (χ0v) is 8.26. The minimum Gasteiger partial charge on any atom is -0.480 e. The molecule has 6 heteroatoms. The van der Waals surface area contributed by atoms with Crippen molar-refractivity contribution < 1.29 is 18.7 Å². The average Bonchev–Trinajstić information content (AvgIpc) is 2.13. The molecule has 0 aliphatic rings. The maximum Gasteiger partial charge on any atom is 0.320 e. The first-order valence-corrected chi connectivity index (χ1v) is 4.41. The van der Waals surface area contributed by atoms with Crippen LogP contribution in [-0.2, 0) is 11.2 Å². The Balaban J connectivity index is 2.92. The smallest absolute Gasteiger partial charge is 0.320 e. The lowest BCUT2D eigenvalue weighted by molar-refractivity contribution is -0.138. The number of hydrogen-bond acceptors (Lipinski definition) is 2. The number of aliphatic carboxylic acids is 1. The van der Waals surface area contributed by atoms with Crippen LogP contribution in [0.3, 0.4) is 0 Å². The predicted octanol–water partition coefficient (Wildman–Crippen LogP) is 1.57. The maximum absolute atomic E-state index is 12.9. The van der Waals surface area contributed by atoms with E-state index in [9.17, 15) is 13.6 Å². The average molecular weight is 236 g/mol. The van der Waals surface area contributed by atoms with Crippen LogP contribution in [0.15, 0.2) is 12.1 Å². The van der Waals surface area contributed by atoms with Crippen LogP contribution in [0.2, 0.25) is 5.02 Å². The van der Waals surface area contributed by atoms with Gasteiger partial charge in [-0.05, 0) is 24.1 Å². The number of carboxylic acids is 1. The summed E-state index contributed by atoms with van der Waals surface area (Å²) in [5.74, 6) is -3.08. The molecule has 1 aromatic rings. The van der Waals surface area contributed by atoms with Crippen molar-refractivity contribution in [1.82, 2.24) is 0 Å². The topological polar surface area (TPSA) is 63.3 Å². The first-order chi connectivity index (χ1) is 6.91. The third kappa shape index (κ3) is 2.87. The van der Waals surface area contributed by atoms with Gasteiger partial charge in [0.25, 0.3) is 0 Å². The minimum absolute atomic E-state index is 0.152. The van der Waals surface area contributed by atoms with Crippen LogP contribution in [0.4, 0.5) is 8.78 Å². The van der Waals surface area contributed by atoms with Gasteiger partial charge in [-0.2, -0.15) is 0 Å². The number of hydrogen-bond donors (Lipinski definition) is 2. The molecule has 0 bridgehead atoms. The van der Waals surface area contributed by atoms with E-state index >= 15 is 0 Å². The summed E-state index contributed by atoms with van der Waals surface area (Å²) < 4.78 is 25.9. The highest BCUT2D eigenvalue weighted by atomic mass is 35.5. The van der Waals surface area contributed by atoms with Gasteiger partial charge in [0.05, 0.1) is 0 Å². The molecule has 0 amide bonds. The number of rotatable bonds is 3.